The molecule has 0 bridgehead atoms. The predicted molar refractivity (Wildman–Crippen MR) is 109 cm³/mol. The molecule has 0 saturated carbocycles. The number of amides is 1. The van der Waals surface area contributed by atoms with E-state index in [-0.39, 0.29) is 34.7 Å². The molecule has 2 aliphatic rings. The zero-order valence-corrected chi connectivity index (χ0v) is 17.6. The molecule has 30 heavy (non-hydrogen) atoms. The third kappa shape index (κ3) is 3.90. The average molecular weight is 457 g/mol. The smallest absolute Gasteiger partial charge is 0.326 e. The van der Waals surface area contributed by atoms with Crippen molar-refractivity contribution in [2.75, 3.05) is 16.2 Å². The molecule has 2 aromatic carbocycles. The van der Waals surface area contributed by atoms with Gasteiger partial charge in [-0.2, -0.15) is 13.2 Å². The lowest BCUT2D eigenvalue weighted by molar-refractivity contribution is -0.137. The molecule has 0 radical (unpaired) electrons. The minimum atomic E-state index is -4.57. The Hall–Kier alpha value is -2.20. The fourth-order valence-electron chi connectivity index (χ4n) is 3.58. The minimum absolute atomic E-state index is 0.000291. The van der Waals surface area contributed by atoms with Crippen LogP contribution in [0.25, 0.3) is 0 Å². The van der Waals surface area contributed by atoms with Crippen LogP contribution in [0.3, 0.4) is 0 Å². The van der Waals surface area contributed by atoms with Gasteiger partial charge in [-0.3, -0.25) is 9.10 Å². The Balaban J connectivity index is 1.80. The first-order chi connectivity index (χ1) is 14.1. The highest BCUT2D eigenvalue weighted by atomic mass is 32.2. The van der Waals surface area contributed by atoms with E-state index < -0.39 is 21.8 Å². The molecular formula is C20H19F3N2O3S2. The number of benzene rings is 2. The molecule has 2 heterocycles. The van der Waals surface area contributed by atoms with E-state index in [0.29, 0.717) is 29.0 Å². The Morgan fingerprint density at radius 2 is 1.90 bits per heavy atom. The maximum atomic E-state index is 13.5. The SMILES string of the molecule is CC1CCN(S(=O)(=O)c2ccc3c(c2)CCC(=O)N3)c2cc(C(F)(F)F)ccc2S1. The maximum absolute atomic E-state index is 13.5. The molecule has 1 amide bonds. The number of nitrogens with zero attached hydrogens (tertiary/aromatic N) is 1. The van der Waals surface area contributed by atoms with Gasteiger partial charge in [0.05, 0.1) is 16.1 Å². The Bertz CT molecular complexity index is 1120. The van der Waals surface area contributed by atoms with Crippen molar-refractivity contribution in [3.63, 3.8) is 0 Å². The number of carbonyl (C=O) groups is 1. The number of hydrogen-bond donors (Lipinski definition) is 1. The summed E-state index contributed by atoms with van der Waals surface area (Å²) >= 11 is 1.37. The summed E-state index contributed by atoms with van der Waals surface area (Å²) < 4.78 is 67.9. The zero-order valence-electron chi connectivity index (χ0n) is 16.0. The van der Waals surface area contributed by atoms with E-state index in [0.717, 1.165) is 16.4 Å². The van der Waals surface area contributed by atoms with Gasteiger partial charge in [-0.05, 0) is 54.8 Å². The highest BCUT2D eigenvalue weighted by molar-refractivity contribution is 8.00. The quantitative estimate of drug-likeness (QED) is 0.713. The van der Waals surface area contributed by atoms with Gasteiger partial charge in [-0.1, -0.05) is 6.92 Å². The molecule has 0 spiro atoms. The number of thioether (sulfide) groups is 1. The highest BCUT2D eigenvalue weighted by Crippen LogP contribution is 2.43. The molecule has 0 fully saturated rings. The third-order valence-electron chi connectivity index (χ3n) is 5.18. The van der Waals surface area contributed by atoms with Crippen LogP contribution in [0.2, 0.25) is 0 Å². The van der Waals surface area contributed by atoms with E-state index in [4.69, 9.17) is 0 Å². The summed E-state index contributed by atoms with van der Waals surface area (Å²) in [5, 5.41) is 2.75. The first-order valence-corrected chi connectivity index (χ1v) is 11.7. The van der Waals surface area contributed by atoms with Crippen LogP contribution in [-0.4, -0.2) is 26.1 Å². The normalized spacial score (nSPS) is 19.5. The lowest BCUT2D eigenvalue weighted by atomic mass is 10.0. The van der Waals surface area contributed by atoms with Crippen LogP contribution in [0.1, 0.15) is 30.9 Å². The number of halogens is 3. The summed E-state index contributed by atoms with van der Waals surface area (Å²) in [5.41, 5.74) is 0.414. The van der Waals surface area contributed by atoms with Crippen molar-refractivity contribution in [1.82, 2.24) is 0 Å². The van der Waals surface area contributed by atoms with Gasteiger partial charge in [0, 0.05) is 28.8 Å². The molecule has 2 aromatic rings. The summed E-state index contributed by atoms with van der Waals surface area (Å²) in [5.74, 6) is -0.134. The number of sulfonamides is 1. The second-order valence-corrected chi connectivity index (χ2v) is 10.7. The maximum Gasteiger partial charge on any atom is 0.416 e. The van der Waals surface area contributed by atoms with Crippen LogP contribution >= 0.6 is 11.8 Å². The van der Waals surface area contributed by atoms with Crippen LogP contribution < -0.4 is 9.62 Å². The largest absolute Gasteiger partial charge is 0.416 e. The Morgan fingerprint density at radius 1 is 1.13 bits per heavy atom. The summed E-state index contributed by atoms with van der Waals surface area (Å²) in [4.78, 5) is 12.0. The zero-order chi connectivity index (χ0) is 21.7. The first-order valence-electron chi connectivity index (χ1n) is 9.39. The average Bonchev–Trinajstić information content (AvgIpc) is 2.84. The van der Waals surface area contributed by atoms with E-state index in [9.17, 15) is 26.4 Å². The van der Waals surface area contributed by atoms with Crippen molar-refractivity contribution in [1.29, 1.82) is 0 Å². The van der Waals surface area contributed by atoms with Crippen molar-refractivity contribution in [3.8, 4) is 0 Å². The Labute approximate surface area is 176 Å². The van der Waals surface area contributed by atoms with Crippen molar-refractivity contribution in [2.45, 2.75) is 47.4 Å². The molecule has 4 rings (SSSR count). The minimum Gasteiger partial charge on any atom is -0.326 e. The number of anilines is 2. The molecule has 0 aromatic heterocycles. The number of nitrogens with one attached hydrogen (secondary N) is 1. The van der Waals surface area contributed by atoms with Crippen LogP contribution in [0.4, 0.5) is 24.5 Å². The van der Waals surface area contributed by atoms with Gasteiger partial charge in [0.1, 0.15) is 0 Å². The molecule has 160 valence electrons. The van der Waals surface area contributed by atoms with E-state index in [2.05, 4.69) is 5.32 Å². The van der Waals surface area contributed by atoms with Crippen LogP contribution in [0, 0.1) is 0 Å². The van der Waals surface area contributed by atoms with Gasteiger partial charge in [0.25, 0.3) is 10.0 Å². The molecule has 1 unspecified atom stereocenters. The fourth-order valence-corrected chi connectivity index (χ4v) is 6.27. The monoisotopic (exact) mass is 456 g/mol. The number of aryl methyl sites for hydroxylation is 1. The van der Waals surface area contributed by atoms with Gasteiger partial charge >= 0.3 is 6.18 Å². The standard InChI is InChI=1S/C20H19F3N2O3S2/c1-12-8-9-25(17-11-14(20(21,22)23)3-6-18(17)29-12)30(27,28)15-4-5-16-13(10-15)2-7-19(26)24-16/h3-6,10-12H,2,7-9H2,1H3,(H,24,26). The van der Waals surface area contributed by atoms with Crippen LogP contribution in [-0.2, 0) is 27.4 Å². The number of fused-ring (bicyclic) bond motifs is 2. The number of carbonyl (C=O) groups excluding carboxylic acids is 1. The topological polar surface area (TPSA) is 66.5 Å². The lowest BCUT2D eigenvalue weighted by Gasteiger charge is -2.26. The van der Waals surface area contributed by atoms with Crippen molar-refractivity contribution < 1.29 is 26.4 Å². The van der Waals surface area contributed by atoms with Gasteiger partial charge < -0.3 is 5.32 Å². The molecular weight excluding hydrogens is 437 g/mol. The second kappa shape index (κ2) is 7.49. The molecule has 1 atom stereocenters. The first kappa shape index (κ1) is 21.0. The van der Waals surface area contributed by atoms with Gasteiger partial charge in [-0.25, -0.2) is 8.42 Å². The van der Waals surface area contributed by atoms with E-state index in [1.165, 1.54) is 36.0 Å². The number of hydrogen-bond acceptors (Lipinski definition) is 4. The van der Waals surface area contributed by atoms with Gasteiger partial charge in [-0.15, -0.1) is 11.8 Å². The van der Waals surface area contributed by atoms with Gasteiger partial charge in [0.15, 0.2) is 0 Å². The van der Waals surface area contributed by atoms with Crippen LogP contribution in [0.5, 0.6) is 0 Å². The second-order valence-electron chi connectivity index (χ2n) is 7.34. The number of rotatable bonds is 2. The van der Waals surface area contributed by atoms with Crippen LogP contribution in [0.15, 0.2) is 46.2 Å². The highest BCUT2D eigenvalue weighted by Gasteiger charge is 2.35. The summed E-state index contributed by atoms with van der Waals surface area (Å²) in [7, 11) is -4.09. The molecule has 0 aliphatic carbocycles. The predicted octanol–water partition coefficient (Wildman–Crippen LogP) is 4.67. The van der Waals surface area contributed by atoms with Gasteiger partial charge in [0.2, 0.25) is 5.91 Å². The van der Waals surface area contributed by atoms with Crippen molar-refractivity contribution in [3.05, 3.63) is 47.5 Å². The lowest BCUT2D eigenvalue weighted by Crippen LogP contribution is -2.33. The van der Waals surface area contributed by atoms with Crippen molar-refractivity contribution >= 4 is 39.1 Å². The summed E-state index contributed by atoms with van der Waals surface area (Å²) in [6, 6.07) is 7.65. The van der Waals surface area contributed by atoms with E-state index in [1.807, 2.05) is 6.92 Å². The third-order valence-corrected chi connectivity index (χ3v) is 8.23. The Morgan fingerprint density at radius 3 is 2.63 bits per heavy atom. The van der Waals surface area contributed by atoms with E-state index in [1.54, 1.807) is 0 Å². The fraction of sp³-hybridized carbons (Fsp3) is 0.350. The molecule has 1 N–H and O–H groups in total. The van der Waals surface area contributed by atoms with E-state index >= 15 is 0 Å². The summed E-state index contributed by atoms with van der Waals surface area (Å²) in [6.07, 6.45) is -3.41. The molecule has 2 aliphatic heterocycles. The molecule has 0 saturated heterocycles. The molecule has 5 nitrogen and oxygen atoms in total. The number of alkyl halides is 3. The molecule has 10 heteroatoms. The Kier molecular flexibility index (Phi) is 5.26. The summed E-state index contributed by atoms with van der Waals surface area (Å²) in [6.45, 7) is 2.00. The van der Waals surface area contributed by atoms with Crippen molar-refractivity contribution in [2.24, 2.45) is 0 Å².